The average molecular weight is 541 g/mol. The van der Waals surface area contributed by atoms with Crippen LogP contribution in [0.5, 0.6) is 0 Å². The first-order chi connectivity index (χ1) is 17.4. The molecule has 6 nitrogen and oxygen atoms in total. The summed E-state index contributed by atoms with van der Waals surface area (Å²) >= 11 is 0. The fourth-order valence-electron chi connectivity index (χ4n) is 4.86. The van der Waals surface area contributed by atoms with Crippen molar-refractivity contribution in [2.24, 2.45) is 4.40 Å². The Morgan fingerprint density at radius 2 is 1.81 bits per heavy atom. The highest BCUT2D eigenvalue weighted by Crippen LogP contribution is 2.42. The molecular weight excluding hydrogens is 505 g/mol. The van der Waals surface area contributed by atoms with E-state index < -0.39 is 39.0 Å². The summed E-state index contributed by atoms with van der Waals surface area (Å²) in [6.07, 6.45) is -0.725. The lowest BCUT2D eigenvalue weighted by Crippen LogP contribution is -2.43. The number of sulfonamides is 1. The second-order valence-electron chi connectivity index (χ2n) is 10.0. The average Bonchev–Trinajstić information content (AvgIpc) is 2.78. The summed E-state index contributed by atoms with van der Waals surface area (Å²) in [7, 11) is -2.35. The number of aliphatic hydroxyl groups is 1. The number of nitrogens with zero attached hydrogens (tertiary/aromatic N) is 2. The third-order valence-corrected chi connectivity index (χ3v) is 8.41. The third kappa shape index (κ3) is 7.78. The smallest absolute Gasteiger partial charge is 0.267 e. The molecular formula is C27H35F3N2O4S. The molecule has 1 aliphatic heterocycles. The highest BCUT2D eigenvalue weighted by atomic mass is 32.2. The lowest BCUT2D eigenvalue weighted by atomic mass is 9.91. The standard InChI is InChI=1S/C27H35F3N2O4S/c1-27(2)26(20-12-10-19(11-13-20)7-6-15-32(3)18-24(29)30)37(34,35)31-25(36-27)17-21(14-16-33)22-8-4-5-9-23(22)28/h4-5,8-13,21,24,26,33H,6-7,14-18H2,1-3H3/t21-,26?/m1/s1. The normalized spacial score (nSPS) is 19.5. The topological polar surface area (TPSA) is 79.2 Å². The zero-order valence-electron chi connectivity index (χ0n) is 21.4. The Kier molecular flexibility index (Phi) is 9.77. The summed E-state index contributed by atoms with van der Waals surface area (Å²) in [6, 6.07) is 13.3. The number of benzene rings is 2. The van der Waals surface area contributed by atoms with Crippen molar-refractivity contribution in [2.45, 2.75) is 62.7 Å². The highest BCUT2D eigenvalue weighted by molar-refractivity contribution is 7.90. The molecule has 0 saturated carbocycles. The SMILES string of the molecule is CN(CCCc1ccc(C2C(C)(C)OC(C[C@@H](CCO)c3ccccc3F)=NS2(=O)=O)cc1)CC(F)F. The first-order valence-electron chi connectivity index (χ1n) is 12.4. The Bertz CT molecular complexity index is 1170. The van der Waals surface area contributed by atoms with Crippen molar-refractivity contribution in [2.75, 3.05) is 26.7 Å². The van der Waals surface area contributed by atoms with Crippen LogP contribution in [0.1, 0.15) is 61.0 Å². The van der Waals surface area contributed by atoms with Gasteiger partial charge in [0.2, 0.25) is 5.90 Å². The minimum atomic E-state index is -4.01. The summed E-state index contributed by atoms with van der Waals surface area (Å²) in [4.78, 5) is 1.58. The fourth-order valence-corrected chi connectivity index (χ4v) is 6.63. The molecule has 0 radical (unpaired) electrons. The summed E-state index contributed by atoms with van der Waals surface area (Å²) in [5.74, 6) is -0.933. The van der Waals surface area contributed by atoms with E-state index in [-0.39, 0.29) is 31.9 Å². The van der Waals surface area contributed by atoms with Crippen molar-refractivity contribution in [1.29, 1.82) is 0 Å². The summed E-state index contributed by atoms with van der Waals surface area (Å²) in [5, 5.41) is 8.46. The highest BCUT2D eigenvalue weighted by Gasteiger charge is 2.47. The van der Waals surface area contributed by atoms with E-state index in [9.17, 15) is 26.7 Å². The summed E-state index contributed by atoms with van der Waals surface area (Å²) in [6.45, 7) is 3.43. The second kappa shape index (κ2) is 12.4. The lowest BCUT2D eigenvalue weighted by Gasteiger charge is -2.38. The molecule has 0 aromatic heterocycles. The largest absolute Gasteiger partial charge is 0.472 e. The van der Waals surface area contributed by atoms with Gasteiger partial charge in [0, 0.05) is 13.0 Å². The van der Waals surface area contributed by atoms with Crippen LogP contribution in [-0.4, -0.2) is 63.1 Å². The van der Waals surface area contributed by atoms with Gasteiger partial charge in [0.05, 0.1) is 6.54 Å². The van der Waals surface area contributed by atoms with Crippen LogP contribution in [0.2, 0.25) is 0 Å². The number of hydrogen-bond acceptors (Lipinski definition) is 5. The number of halogens is 3. The Hall–Kier alpha value is -2.43. The minimum Gasteiger partial charge on any atom is -0.472 e. The second-order valence-corrected chi connectivity index (χ2v) is 11.7. The van der Waals surface area contributed by atoms with Crippen LogP contribution in [0.25, 0.3) is 0 Å². The molecule has 3 rings (SSSR count). The Balaban J connectivity index is 1.75. The van der Waals surface area contributed by atoms with Gasteiger partial charge in [0.25, 0.3) is 16.4 Å². The van der Waals surface area contributed by atoms with E-state index in [1.165, 1.54) is 6.07 Å². The summed E-state index contributed by atoms with van der Waals surface area (Å²) < 4.78 is 76.0. The molecule has 2 atom stereocenters. The third-order valence-electron chi connectivity index (χ3n) is 6.52. The number of aryl methyl sites for hydroxylation is 1. The molecule has 1 unspecified atom stereocenters. The molecule has 0 bridgehead atoms. The lowest BCUT2D eigenvalue weighted by molar-refractivity contribution is 0.0797. The van der Waals surface area contributed by atoms with Crippen LogP contribution in [-0.2, 0) is 21.2 Å². The van der Waals surface area contributed by atoms with E-state index in [1.807, 2.05) is 12.1 Å². The number of hydrogen-bond donors (Lipinski definition) is 1. The van der Waals surface area contributed by atoms with E-state index in [2.05, 4.69) is 4.40 Å². The molecule has 1 N–H and O–H groups in total. The van der Waals surface area contributed by atoms with Gasteiger partial charge in [0.15, 0.2) is 0 Å². The van der Waals surface area contributed by atoms with Gasteiger partial charge in [-0.1, -0.05) is 42.5 Å². The predicted octanol–water partition coefficient (Wildman–Crippen LogP) is 5.09. The Morgan fingerprint density at radius 3 is 2.41 bits per heavy atom. The van der Waals surface area contributed by atoms with Crippen LogP contribution in [0.4, 0.5) is 13.2 Å². The molecule has 1 aliphatic rings. The van der Waals surface area contributed by atoms with Crippen molar-refractivity contribution < 1.29 is 31.4 Å². The number of alkyl halides is 2. The minimum absolute atomic E-state index is 0.00695. The van der Waals surface area contributed by atoms with E-state index in [0.717, 1.165) is 5.56 Å². The predicted molar refractivity (Wildman–Crippen MR) is 138 cm³/mol. The monoisotopic (exact) mass is 540 g/mol. The maximum atomic E-state index is 14.4. The van der Waals surface area contributed by atoms with Gasteiger partial charge in [-0.2, -0.15) is 0 Å². The molecule has 0 fully saturated rings. The molecule has 0 spiro atoms. The quantitative estimate of drug-likeness (QED) is 0.406. The van der Waals surface area contributed by atoms with Gasteiger partial charge in [-0.15, -0.1) is 4.40 Å². The first kappa shape index (κ1) is 29.1. The van der Waals surface area contributed by atoms with E-state index >= 15 is 0 Å². The molecule has 10 heteroatoms. The van der Waals surface area contributed by atoms with Gasteiger partial charge in [-0.25, -0.2) is 21.6 Å². The van der Waals surface area contributed by atoms with Crippen LogP contribution < -0.4 is 0 Å². The van der Waals surface area contributed by atoms with Crippen molar-refractivity contribution >= 4 is 15.9 Å². The molecule has 0 aliphatic carbocycles. The Labute approximate surface area is 217 Å². The zero-order chi connectivity index (χ0) is 27.2. The number of ether oxygens (including phenoxy) is 1. The maximum Gasteiger partial charge on any atom is 0.267 e. The van der Waals surface area contributed by atoms with Crippen LogP contribution in [0.3, 0.4) is 0 Å². The van der Waals surface area contributed by atoms with E-state index in [4.69, 9.17) is 4.74 Å². The van der Waals surface area contributed by atoms with Crippen molar-refractivity contribution in [3.05, 3.63) is 71.0 Å². The molecule has 37 heavy (non-hydrogen) atoms. The van der Waals surface area contributed by atoms with Gasteiger partial charge < -0.3 is 14.7 Å². The molecule has 0 amide bonds. The molecule has 0 saturated heterocycles. The number of rotatable bonds is 12. The Morgan fingerprint density at radius 1 is 1.14 bits per heavy atom. The first-order valence-corrected chi connectivity index (χ1v) is 13.9. The van der Waals surface area contributed by atoms with Gasteiger partial charge in [-0.3, -0.25) is 0 Å². The van der Waals surface area contributed by atoms with Crippen LogP contribution >= 0.6 is 0 Å². The van der Waals surface area contributed by atoms with Crippen molar-refractivity contribution in [1.82, 2.24) is 4.90 Å². The van der Waals surface area contributed by atoms with Crippen LogP contribution in [0, 0.1) is 5.82 Å². The maximum absolute atomic E-state index is 14.4. The van der Waals surface area contributed by atoms with Crippen LogP contribution in [0.15, 0.2) is 52.9 Å². The fraction of sp³-hybridized carbons (Fsp3) is 0.519. The zero-order valence-corrected chi connectivity index (χ0v) is 22.2. The van der Waals surface area contributed by atoms with Gasteiger partial charge in [0.1, 0.15) is 16.7 Å². The number of aliphatic hydroxyl groups excluding tert-OH is 1. The molecule has 2 aromatic rings. The van der Waals surface area contributed by atoms with Gasteiger partial charge >= 0.3 is 0 Å². The van der Waals surface area contributed by atoms with E-state index in [1.54, 1.807) is 56.1 Å². The van der Waals surface area contributed by atoms with Gasteiger partial charge in [-0.05, 0) is 75.4 Å². The molecule has 2 aromatic carbocycles. The molecule has 1 heterocycles. The summed E-state index contributed by atoms with van der Waals surface area (Å²) in [5.41, 5.74) is 0.736. The van der Waals surface area contributed by atoms with E-state index in [0.29, 0.717) is 30.5 Å². The van der Waals surface area contributed by atoms with Crippen molar-refractivity contribution in [3.8, 4) is 0 Å². The van der Waals surface area contributed by atoms with Crippen molar-refractivity contribution in [3.63, 3.8) is 0 Å². The molecule has 204 valence electrons.